The molecule has 0 bridgehead atoms. The van der Waals surface area contributed by atoms with Gasteiger partial charge >= 0.3 is 12.0 Å². The highest BCUT2D eigenvalue weighted by atomic mass is 35.5. The Morgan fingerprint density at radius 2 is 2.14 bits per heavy atom. The molecule has 0 radical (unpaired) electrons. The number of rotatable bonds is 4. The van der Waals surface area contributed by atoms with Gasteiger partial charge in [-0.15, -0.1) is 0 Å². The lowest BCUT2D eigenvalue weighted by atomic mass is 10.0. The molecule has 1 unspecified atom stereocenters. The lowest BCUT2D eigenvalue weighted by molar-refractivity contribution is -0.139. The third kappa shape index (κ3) is 3.86. The van der Waals surface area contributed by atoms with Gasteiger partial charge in [0, 0.05) is 17.2 Å². The van der Waals surface area contributed by atoms with Crippen LogP contribution in [0.2, 0.25) is 5.02 Å². The summed E-state index contributed by atoms with van der Waals surface area (Å²) in [5.41, 5.74) is -0.136. The molecule has 1 saturated heterocycles. The largest absolute Gasteiger partial charge is 0.479 e. The van der Waals surface area contributed by atoms with E-state index in [1.807, 2.05) is 6.92 Å². The molecule has 114 valence electrons. The molecule has 0 aromatic heterocycles. The summed E-state index contributed by atoms with van der Waals surface area (Å²) in [4.78, 5) is 23.4. The fourth-order valence-electron chi connectivity index (χ4n) is 2.19. The first-order valence-corrected chi connectivity index (χ1v) is 6.93. The van der Waals surface area contributed by atoms with Gasteiger partial charge in [-0.25, -0.2) is 9.59 Å². The molecule has 0 saturated carbocycles. The first kappa shape index (κ1) is 15.6. The average Bonchev–Trinajstić information content (AvgIpc) is 2.83. The summed E-state index contributed by atoms with van der Waals surface area (Å²) in [5, 5.41) is 14.8. The van der Waals surface area contributed by atoms with Gasteiger partial charge in [0.1, 0.15) is 0 Å². The number of carboxylic acid groups (broad SMARTS) is 1. The van der Waals surface area contributed by atoms with E-state index < -0.39 is 23.6 Å². The van der Waals surface area contributed by atoms with Crippen LogP contribution in [0.15, 0.2) is 24.3 Å². The van der Waals surface area contributed by atoms with Gasteiger partial charge in [0.05, 0.1) is 12.1 Å². The van der Waals surface area contributed by atoms with E-state index in [2.05, 4.69) is 10.6 Å². The van der Waals surface area contributed by atoms with Crippen molar-refractivity contribution in [3.05, 3.63) is 34.9 Å². The van der Waals surface area contributed by atoms with Crippen LogP contribution in [0.5, 0.6) is 0 Å². The molecule has 1 aliphatic heterocycles. The fraction of sp³-hybridized carbons (Fsp3) is 0.429. The molecule has 2 amide bonds. The molecule has 0 aliphatic carbocycles. The summed E-state index contributed by atoms with van der Waals surface area (Å²) >= 11 is 5.99. The predicted molar refractivity (Wildman–Crippen MR) is 77.3 cm³/mol. The lowest BCUT2D eigenvalue weighted by Crippen LogP contribution is -2.52. The summed E-state index contributed by atoms with van der Waals surface area (Å²) < 4.78 is 5.24. The number of ether oxygens (including phenoxy) is 1. The van der Waals surface area contributed by atoms with Gasteiger partial charge in [-0.1, -0.05) is 29.8 Å². The molecule has 0 spiro atoms. The highest BCUT2D eigenvalue weighted by Crippen LogP contribution is 2.23. The number of nitrogens with one attached hydrogen (secondary N) is 2. The normalized spacial score (nSPS) is 22.6. The van der Waals surface area contributed by atoms with Gasteiger partial charge in [0.15, 0.2) is 6.04 Å². The number of amides is 2. The third-order valence-corrected chi connectivity index (χ3v) is 3.72. The van der Waals surface area contributed by atoms with Crippen molar-refractivity contribution in [2.24, 2.45) is 0 Å². The minimum atomic E-state index is -1.20. The van der Waals surface area contributed by atoms with Crippen LogP contribution >= 0.6 is 11.6 Å². The second kappa shape index (κ2) is 6.32. The molecule has 1 heterocycles. The van der Waals surface area contributed by atoms with Gasteiger partial charge in [0.2, 0.25) is 0 Å². The monoisotopic (exact) mass is 312 g/mol. The molecule has 1 aliphatic rings. The maximum absolute atomic E-state index is 12.0. The predicted octanol–water partition coefficient (Wildman–Crippen LogP) is 1.94. The number of hydrogen-bond donors (Lipinski definition) is 3. The van der Waals surface area contributed by atoms with Crippen LogP contribution in [0.25, 0.3) is 0 Å². The minimum absolute atomic E-state index is 0.292. The van der Waals surface area contributed by atoms with E-state index in [1.54, 1.807) is 24.3 Å². The first-order chi connectivity index (χ1) is 9.91. The summed E-state index contributed by atoms with van der Waals surface area (Å²) in [6.45, 7) is 2.83. The Balaban J connectivity index is 2.08. The number of carboxylic acids is 1. The molecule has 1 fully saturated rings. The Morgan fingerprint density at radius 1 is 1.43 bits per heavy atom. The topological polar surface area (TPSA) is 87.7 Å². The van der Waals surface area contributed by atoms with Crippen molar-refractivity contribution in [1.82, 2.24) is 10.6 Å². The van der Waals surface area contributed by atoms with E-state index in [1.165, 1.54) is 0 Å². The van der Waals surface area contributed by atoms with Crippen molar-refractivity contribution >= 4 is 23.6 Å². The molecular weight excluding hydrogens is 296 g/mol. The maximum atomic E-state index is 12.0. The molecule has 6 nitrogen and oxygen atoms in total. The van der Waals surface area contributed by atoms with Crippen LogP contribution in [-0.2, 0) is 9.53 Å². The minimum Gasteiger partial charge on any atom is -0.479 e. The molecule has 7 heteroatoms. The summed E-state index contributed by atoms with van der Waals surface area (Å²) in [6.07, 6.45) is 0.685. The maximum Gasteiger partial charge on any atom is 0.331 e. The van der Waals surface area contributed by atoms with E-state index in [0.717, 1.165) is 0 Å². The second-order valence-electron chi connectivity index (χ2n) is 5.25. The van der Waals surface area contributed by atoms with E-state index in [0.29, 0.717) is 30.2 Å². The number of carbonyl (C=O) groups excluding carboxylic acids is 1. The Morgan fingerprint density at radius 3 is 2.71 bits per heavy atom. The van der Waals surface area contributed by atoms with Crippen LogP contribution < -0.4 is 10.6 Å². The van der Waals surface area contributed by atoms with Gasteiger partial charge in [0.25, 0.3) is 0 Å². The number of benzene rings is 1. The zero-order valence-corrected chi connectivity index (χ0v) is 12.3. The molecular formula is C14H17ClN2O4. The van der Waals surface area contributed by atoms with Gasteiger partial charge in [-0.05, 0) is 19.4 Å². The summed E-state index contributed by atoms with van der Waals surface area (Å²) in [7, 11) is 0. The van der Waals surface area contributed by atoms with Crippen molar-refractivity contribution in [1.29, 1.82) is 0 Å². The SMILES string of the molecule is CC1(NC(=O)N[C@@H](C(=O)O)c2ccccc2Cl)CCOC1. The van der Waals surface area contributed by atoms with Gasteiger partial charge in [-0.3, -0.25) is 0 Å². The highest BCUT2D eigenvalue weighted by molar-refractivity contribution is 6.31. The first-order valence-electron chi connectivity index (χ1n) is 6.55. The lowest BCUT2D eigenvalue weighted by Gasteiger charge is -2.25. The highest BCUT2D eigenvalue weighted by Gasteiger charge is 2.33. The standard InChI is InChI=1S/C14H17ClN2O4/c1-14(6-7-21-8-14)17-13(20)16-11(12(18)19)9-4-2-3-5-10(9)15/h2-5,11H,6-8H2,1H3,(H,18,19)(H2,16,17,20)/t11-,14?/m1/s1. The number of aliphatic carboxylic acids is 1. The molecule has 21 heavy (non-hydrogen) atoms. The van der Waals surface area contributed by atoms with E-state index in [-0.39, 0.29) is 0 Å². The van der Waals surface area contributed by atoms with Crippen molar-refractivity contribution in [3.63, 3.8) is 0 Å². The number of carbonyl (C=O) groups is 2. The van der Waals surface area contributed by atoms with E-state index in [4.69, 9.17) is 16.3 Å². The van der Waals surface area contributed by atoms with Crippen molar-refractivity contribution in [2.75, 3.05) is 13.2 Å². The van der Waals surface area contributed by atoms with Crippen molar-refractivity contribution < 1.29 is 19.4 Å². The Labute approximate surface area is 127 Å². The molecule has 2 atom stereocenters. The number of urea groups is 1. The summed E-state index contributed by atoms with van der Waals surface area (Å²) in [5.74, 6) is -1.17. The molecule has 1 aromatic rings. The smallest absolute Gasteiger partial charge is 0.331 e. The second-order valence-corrected chi connectivity index (χ2v) is 5.66. The molecule has 1 aromatic carbocycles. The average molecular weight is 313 g/mol. The fourth-order valence-corrected chi connectivity index (χ4v) is 2.43. The quantitative estimate of drug-likeness (QED) is 0.793. The summed E-state index contributed by atoms with van der Waals surface area (Å²) in [6, 6.07) is 4.75. The Kier molecular flexibility index (Phi) is 4.69. The van der Waals surface area contributed by atoms with Crippen LogP contribution in [-0.4, -0.2) is 35.9 Å². The van der Waals surface area contributed by atoms with E-state index >= 15 is 0 Å². The Hall–Kier alpha value is -1.79. The third-order valence-electron chi connectivity index (χ3n) is 3.37. The van der Waals surface area contributed by atoms with Crippen LogP contribution in [0.3, 0.4) is 0 Å². The number of halogens is 1. The number of hydrogen-bond acceptors (Lipinski definition) is 3. The van der Waals surface area contributed by atoms with Gasteiger partial charge in [-0.2, -0.15) is 0 Å². The Bertz CT molecular complexity index is 544. The van der Waals surface area contributed by atoms with Crippen LogP contribution in [0.1, 0.15) is 24.9 Å². The van der Waals surface area contributed by atoms with Crippen LogP contribution in [0.4, 0.5) is 4.79 Å². The zero-order valence-electron chi connectivity index (χ0n) is 11.6. The van der Waals surface area contributed by atoms with Crippen molar-refractivity contribution in [3.8, 4) is 0 Å². The van der Waals surface area contributed by atoms with E-state index in [9.17, 15) is 14.7 Å². The molecule has 2 rings (SSSR count). The van der Waals surface area contributed by atoms with Crippen molar-refractivity contribution in [2.45, 2.75) is 24.9 Å². The van der Waals surface area contributed by atoms with Gasteiger partial charge < -0.3 is 20.5 Å². The molecule has 3 N–H and O–H groups in total. The zero-order chi connectivity index (χ0) is 15.5. The van der Waals surface area contributed by atoms with Crippen LogP contribution in [0, 0.1) is 0 Å².